The van der Waals surface area contributed by atoms with E-state index in [2.05, 4.69) is 45.2 Å². The predicted octanol–water partition coefficient (Wildman–Crippen LogP) is 8.35. The summed E-state index contributed by atoms with van der Waals surface area (Å²) in [5, 5.41) is 0. The summed E-state index contributed by atoms with van der Waals surface area (Å²) in [7, 11) is 0. The summed E-state index contributed by atoms with van der Waals surface area (Å²) in [5.41, 5.74) is 0. The highest BCUT2D eigenvalue weighted by Crippen LogP contribution is 2.14. The van der Waals surface area contributed by atoms with E-state index in [-0.39, 0.29) is 19.8 Å². The minimum Gasteiger partial charge on any atom is -0.465 e. The van der Waals surface area contributed by atoms with E-state index in [1.807, 2.05) is 13.8 Å². The number of esters is 2. The third-order valence-electron chi connectivity index (χ3n) is 5.43. The Kier molecular flexibility index (Phi) is 23.9. The Hall–Kier alpha value is 0.400. The third kappa shape index (κ3) is 23.4. The summed E-state index contributed by atoms with van der Waals surface area (Å²) in [5.74, 6) is -0.169. The maximum atomic E-state index is 11.3. The molecule has 0 saturated carbocycles. The van der Waals surface area contributed by atoms with Crippen LogP contribution >= 0.6 is 45.2 Å². The molecule has 0 aromatic carbocycles. The van der Waals surface area contributed by atoms with E-state index >= 15 is 0 Å². The molecule has 0 fully saturated rings. The van der Waals surface area contributed by atoms with E-state index in [9.17, 15) is 9.59 Å². The smallest absolute Gasteiger partial charge is 0.318 e. The molecule has 0 aromatic heterocycles. The minimum absolute atomic E-state index is 0.0395. The largest absolute Gasteiger partial charge is 0.465 e. The Labute approximate surface area is 219 Å². The first kappa shape index (κ1) is 31.4. The number of alkyl halides is 2. The summed E-state index contributed by atoms with van der Waals surface area (Å²) in [6.45, 7) is 4.90. The molecular weight excluding hydrogens is 618 g/mol. The van der Waals surface area contributed by atoms with Crippen molar-refractivity contribution in [3.8, 4) is 0 Å². The molecule has 0 amide bonds. The number of carbonyl (C=O) groups is 2. The molecule has 0 aliphatic rings. The normalized spacial score (nSPS) is 13.0. The van der Waals surface area contributed by atoms with Gasteiger partial charge in [0, 0.05) is 0 Å². The maximum Gasteiger partial charge on any atom is 0.318 e. The van der Waals surface area contributed by atoms with Crippen molar-refractivity contribution >= 4 is 57.1 Å². The van der Waals surface area contributed by atoms with Crippen LogP contribution in [0.3, 0.4) is 0 Å². The fourth-order valence-corrected chi connectivity index (χ4v) is 3.79. The predicted molar refractivity (Wildman–Crippen MR) is 147 cm³/mol. The lowest BCUT2D eigenvalue weighted by Gasteiger charge is -2.06. The van der Waals surface area contributed by atoms with Crippen molar-refractivity contribution in [2.24, 2.45) is 0 Å². The van der Waals surface area contributed by atoms with Gasteiger partial charge in [0.15, 0.2) is 0 Å². The molecule has 0 saturated heterocycles. The zero-order valence-electron chi connectivity index (χ0n) is 20.0. The van der Waals surface area contributed by atoms with Gasteiger partial charge in [0.05, 0.1) is 13.2 Å². The van der Waals surface area contributed by atoms with Crippen molar-refractivity contribution in [3.63, 3.8) is 0 Å². The number of unbranched alkanes of at least 4 members (excludes halogenated alkanes) is 16. The topological polar surface area (TPSA) is 52.6 Å². The first-order valence-corrected chi connectivity index (χ1v) is 15.1. The zero-order chi connectivity index (χ0) is 23.2. The second kappa shape index (κ2) is 23.6. The monoisotopic (exact) mass is 664 g/mol. The highest BCUT2D eigenvalue weighted by atomic mass is 127. The molecule has 0 aromatic rings. The quantitative estimate of drug-likeness (QED) is 0.0506. The van der Waals surface area contributed by atoms with Crippen LogP contribution in [0, 0.1) is 0 Å². The Bertz CT molecular complexity index is 390. The van der Waals surface area contributed by atoms with E-state index in [1.165, 1.54) is 96.3 Å². The molecule has 0 N–H and O–H groups in total. The van der Waals surface area contributed by atoms with Gasteiger partial charge in [0.25, 0.3) is 0 Å². The lowest BCUT2D eigenvalue weighted by molar-refractivity contribution is -0.143. The van der Waals surface area contributed by atoms with Gasteiger partial charge >= 0.3 is 11.9 Å². The average Bonchev–Trinajstić information content (AvgIpc) is 2.74. The number of ether oxygens (including phenoxy) is 2. The summed E-state index contributed by atoms with van der Waals surface area (Å²) in [6.07, 6.45) is 21.9. The van der Waals surface area contributed by atoms with Crippen molar-refractivity contribution < 1.29 is 19.1 Å². The molecule has 0 spiro atoms. The van der Waals surface area contributed by atoms with E-state index in [4.69, 9.17) is 9.47 Å². The van der Waals surface area contributed by atoms with Crippen LogP contribution in [0.15, 0.2) is 0 Å². The molecule has 4 nitrogen and oxygen atoms in total. The third-order valence-corrected chi connectivity index (χ3v) is 6.44. The van der Waals surface area contributed by atoms with Crippen LogP contribution in [-0.2, 0) is 19.1 Å². The first-order valence-electron chi connectivity index (χ1n) is 12.6. The molecule has 2 atom stereocenters. The number of hydrogen-bond donors (Lipinski definition) is 0. The van der Waals surface area contributed by atoms with Gasteiger partial charge in [-0.3, -0.25) is 9.59 Å². The van der Waals surface area contributed by atoms with Crippen molar-refractivity contribution in [2.75, 3.05) is 13.2 Å². The van der Waals surface area contributed by atoms with E-state index in [1.54, 1.807) is 0 Å². The molecule has 6 heteroatoms. The number of carbonyl (C=O) groups excluding carboxylic acids is 2. The van der Waals surface area contributed by atoms with Crippen molar-refractivity contribution in [1.82, 2.24) is 0 Å². The highest BCUT2D eigenvalue weighted by Gasteiger charge is 2.09. The number of halogens is 2. The standard InChI is InChI=1S/C25H46I2O4/c1-22(26)24(28)30-20-18-16-14-12-10-8-6-4-3-5-7-9-11-13-15-17-19-21-31-25(29)23(2)27/h22-23H,3-21H2,1-2H3. The minimum atomic E-state index is -0.0847. The Morgan fingerprint density at radius 3 is 0.871 bits per heavy atom. The van der Waals surface area contributed by atoms with Gasteiger partial charge < -0.3 is 9.47 Å². The molecule has 0 radical (unpaired) electrons. The fraction of sp³-hybridized carbons (Fsp3) is 0.920. The molecule has 0 heterocycles. The summed E-state index contributed by atoms with van der Waals surface area (Å²) >= 11 is 4.18. The van der Waals surface area contributed by atoms with E-state index in [0.29, 0.717) is 13.2 Å². The average molecular weight is 664 g/mol. The molecule has 0 bridgehead atoms. The van der Waals surface area contributed by atoms with Gasteiger partial charge in [-0.25, -0.2) is 0 Å². The van der Waals surface area contributed by atoms with Gasteiger partial charge in [-0.2, -0.15) is 0 Å². The molecule has 31 heavy (non-hydrogen) atoms. The van der Waals surface area contributed by atoms with Gasteiger partial charge in [0.1, 0.15) is 7.85 Å². The van der Waals surface area contributed by atoms with Crippen LogP contribution in [0.1, 0.15) is 123 Å². The second-order valence-corrected chi connectivity index (χ2v) is 12.3. The van der Waals surface area contributed by atoms with Crippen LogP contribution in [0.25, 0.3) is 0 Å². The molecule has 0 aliphatic carbocycles. The van der Waals surface area contributed by atoms with Crippen molar-refractivity contribution in [2.45, 2.75) is 131 Å². The molecule has 184 valence electrons. The summed E-state index contributed by atoms with van der Waals surface area (Å²) in [4.78, 5) is 22.7. The molecule has 2 unspecified atom stereocenters. The maximum absolute atomic E-state index is 11.3. The van der Waals surface area contributed by atoms with Crippen LogP contribution in [-0.4, -0.2) is 33.0 Å². The van der Waals surface area contributed by atoms with E-state index < -0.39 is 0 Å². The van der Waals surface area contributed by atoms with Gasteiger partial charge in [-0.15, -0.1) is 0 Å². The molecule has 0 aliphatic heterocycles. The Morgan fingerprint density at radius 2 is 0.677 bits per heavy atom. The van der Waals surface area contributed by atoms with Crippen LogP contribution in [0.2, 0.25) is 0 Å². The van der Waals surface area contributed by atoms with Gasteiger partial charge in [-0.05, 0) is 26.7 Å². The SMILES string of the molecule is CC(I)C(=O)OCCCCCCCCCCCCCCCCCCCOC(=O)C(C)I. The van der Waals surface area contributed by atoms with Crippen molar-refractivity contribution in [1.29, 1.82) is 0 Å². The highest BCUT2D eigenvalue weighted by molar-refractivity contribution is 14.1. The Morgan fingerprint density at radius 1 is 0.484 bits per heavy atom. The number of hydrogen-bond acceptors (Lipinski definition) is 4. The summed E-state index contributed by atoms with van der Waals surface area (Å²) in [6, 6.07) is 0. The van der Waals surface area contributed by atoms with Crippen molar-refractivity contribution in [3.05, 3.63) is 0 Å². The van der Waals surface area contributed by atoms with E-state index in [0.717, 1.165) is 12.8 Å². The van der Waals surface area contributed by atoms with Gasteiger partial charge in [0.2, 0.25) is 0 Å². The van der Waals surface area contributed by atoms with Crippen LogP contribution < -0.4 is 0 Å². The molecular formula is C25H46I2O4. The first-order chi connectivity index (χ1) is 14.9. The zero-order valence-corrected chi connectivity index (χ0v) is 24.3. The fourth-order valence-electron chi connectivity index (χ4n) is 3.43. The van der Waals surface area contributed by atoms with Gasteiger partial charge in [-0.1, -0.05) is 141 Å². The lowest BCUT2D eigenvalue weighted by Crippen LogP contribution is -2.14. The lowest BCUT2D eigenvalue weighted by atomic mass is 10.0. The number of rotatable bonds is 22. The van der Waals surface area contributed by atoms with Crippen LogP contribution in [0.5, 0.6) is 0 Å². The van der Waals surface area contributed by atoms with Crippen LogP contribution in [0.4, 0.5) is 0 Å². The second-order valence-electron chi connectivity index (χ2n) is 8.58. The Balaban J connectivity index is 3.11. The molecule has 0 rings (SSSR count). The summed E-state index contributed by atoms with van der Waals surface area (Å²) < 4.78 is 10.3.